The number of hydrogen-bond acceptors (Lipinski definition) is 3. The van der Waals surface area contributed by atoms with Gasteiger partial charge in [0.05, 0.1) is 0 Å². The lowest BCUT2D eigenvalue weighted by Crippen LogP contribution is -2.54. The van der Waals surface area contributed by atoms with E-state index in [1.165, 1.54) is 51.6 Å². The minimum absolute atomic E-state index is 0.749. The largest absolute Gasteiger partial charge is 0.310 e. The Morgan fingerprint density at radius 3 is 2.24 bits per heavy atom. The van der Waals surface area contributed by atoms with E-state index in [2.05, 4.69) is 29.2 Å². The molecule has 0 radical (unpaired) electrons. The Labute approximate surface area is 106 Å². The molecule has 3 nitrogen and oxygen atoms in total. The maximum atomic E-state index is 3.78. The van der Waals surface area contributed by atoms with Gasteiger partial charge in [-0.2, -0.15) is 0 Å². The zero-order chi connectivity index (χ0) is 11.8. The average Bonchev–Trinajstić information content (AvgIpc) is 2.97. The van der Waals surface area contributed by atoms with E-state index < -0.39 is 0 Å². The monoisotopic (exact) mass is 237 g/mol. The molecule has 1 aliphatic carbocycles. The SMILES string of the molecule is CC1CCCC(C)N1N1CCC(NC2CC2)C1. The van der Waals surface area contributed by atoms with Gasteiger partial charge in [0.2, 0.25) is 0 Å². The normalized spacial score (nSPS) is 40.9. The zero-order valence-corrected chi connectivity index (χ0v) is 11.4. The fraction of sp³-hybridized carbons (Fsp3) is 1.00. The molecule has 0 aromatic rings. The summed E-state index contributed by atoms with van der Waals surface area (Å²) in [5, 5.41) is 9.10. The van der Waals surface area contributed by atoms with Crippen molar-refractivity contribution in [3.8, 4) is 0 Å². The molecule has 0 bridgehead atoms. The first-order valence-corrected chi connectivity index (χ1v) is 7.53. The van der Waals surface area contributed by atoms with Gasteiger partial charge >= 0.3 is 0 Å². The molecular formula is C14H27N3. The lowest BCUT2D eigenvalue weighted by atomic mass is 9.99. The van der Waals surface area contributed by atoms with Crippen molar-refractivity contribution in [1.82, 2.24) is 15.3 Å². The molecule has 0 aromatic carbocycles. The summed E-state index contributed by atoms with van der Waals surface area (Å²) in [7, 11) is 0. The van der Waals surface area contributed by atoms with Crippen molar-refractivity contribution in [1.29, 1.82) is 0 Å². The fourth-order valence-corrected chi connectivity index (χ4v) is 3.64. The Kier molecular flexibility index (Phi) is 3.42. The van der Waals surface area contributed by atoms with Crippen LogP contribution in [0.25, 0.3) is 0 Å². The Bertz CT molecular complexity index is 254. The second-order valence-corrected chi connectivity index (χ2v) is 6.35. The smallest absolute Gasteiger partial charge is 0.0288 e. The summed E-state index contributed by atoms with van der Waals surface area (Å²) in [6.45, 7) is 7.30. The Hall–Kier alpha value is -0.120. The Morgan fingerprint density at radius 2 is 1.59 bits per heavy atom. The molecular weight excluding hydrogens is 210 g/mol. The minimum Gasteiger partial charge on any atom is -0.310 e. The summed E-state index contributed by atoms with van der Waals surface area (Å²) < 4.78 is 0. The van der Waals surface area contributed by atoms with Crippen LogP contribution >= 0.6 is 0 Å². The van der Waals surface area contributed by atoms with Crippen LogP contribution < -0.4 is 5.32 Å². The standard InChI is InChI=1S/C14H27N3/c1-11-4-3-5-12(2)17(11)16-9-8-14(10-16)15-13-6-7-13/h11-15H,3-10H2,1-2H3. The Balaban J connectivity index is 1.56. The highest BCUT2D eigenvalue weighted by Gasteiger charge is 2.35. The first-order chi connectivity index (χ1) is 8.24. The quantitative estimate of drug-likeness (QED) is 0.810. The molecule has 2 heterocycles. The molecule has 0 spiro atoms. The highest BCUT2D eigenvalue weighted by atomic mass is 15.7. The van der Waals surface area contributed by atoms with Gasteiger partial charge in [0.1, 0.15) is 0 Å². The van der Waals surface area contributed by atoms with Gasteiger partial charge in [-0.3, -0.25) is 0 Å². The van der Waals surface area contributed by atoms with Crippen LogP contribution in [-0.4, -0.2) is 47.3 Å². The third kappa shape index (κ3) is 2.67. The number of piperidine rings is 1. The van der Waals surface area contributed by atoms with Crippen molar-refractivity contribution < 1.29 is 0 Å². The van der Waals surface area contributed by atoms with Crippen molar-refractivity contribution in [3.63, 3.8) is 0 Å². The molecule has 2 aliphatic heterocycles. The third-order valence-electron chi connectivity index (χ3n) is 4.69. The Morgan fingerprint density at radius 1 is 0.882 bits per heavy atom. The molecule has 2 saturated heterocycles. The van der Waals surface area contributed by atoms with Crippen LogP contribution in [0.2, 0.25) is 0 Å². The van der Waals surface area contributed by atoms with E-state index in [0.717, 1.165) is 24.2 Å². The lowest BCUT2D eigenvalue weighted by Gasteiger charge is -2.44. The minimum atomic E-state index is 0.749. The van der Waals surface area contributed by atoms with E-state index >= 15 is 0 Å². The van der Waals surface area contributed by atoms with Crippen molar-refractivity contribution in [2.24, 2.45) is 0 Å². The molecule has 3 aliphatic rings. The van der Waals surface area contributed by atoms with E-state index in [4.69, 9.17) is 0 Å². The van der Waals surface area contributed by atoms with Crippen molar-refractivity contribution in [2.75, 3.05) is 13.1 Å². The predicted molar refractivity (Wildman–Crippen MR) is 70.7 cm³/mol. The molecule has 3 heteroatoms. The van der Waals surface area contributed by atoms with Gasteiger partial charge in [0, 0.05) is 37.3 Å². The van der Waals surface area contributed by atoms with Gasteiger partial charge in [-0.1, -0.05) is 6.42 Å². The van der Waals surface area contributed by atoms with Crippen LogP contribution in [0.15, 0.2) is 0 Å². The molecule has 0 aromatic heterocycles. The van der Waals surface area contributed by atoms with E-state index in [-0.39, 0.29) is 0 Å². The van der Waals surface area contributed by atoms with Gasteiger partial charge in [-0.25, -0.2) is 10.0 Å². The summed E-state index contributed by atoms with van der Waals surface area (Å²) >= 11 is 0. The third-order valence-corrected chi connectivity index (χ3v) is 4.69. The van der Waals surface area contributed by atoms with Crippen LogP contribution in [0.4, 0.5) is 0 Å². The van der Waals surface area contributed by atoms with Gasteiger partial charge < -0.3 is 5.32 Å². The fourth-order valence-electron chi connectivity index (χ4n) is 3.64. The predicted octanol–water partition coefficient (Wildman–Crippen LogP) is 1.99. The van der Waals surface area contributed by atoms with E-state index in [9.17, 15) is 0 Å². The number of nitrogens with one attached hydrogen (secondary N) is 1. The van der Waals surface area contributed by atoms with Crippen LogP contribution in [0.3, 0.4) is 0 Å². The van der Waals surface area contributed by atoms with Gasteiger partial charge in [-0.05, 0) is 46.0 Å². The summed E-state index contributed by atoms with van der Waals surface area (Å²) in [6, 6.07) is 3.11. The topological polar surface area (TPSA) is 18.5 Å². The molecule has 98 valence electrons. The van der Waals surface area contributed by atoms with Crippen molar-refractivity contribution >= 4 is 0 Å². The number of hydrogen-bond donors (Lipinski definition) is 1. The summed E-state index contributed by atoms with van der Waals surface area (Å²) in [6.07, 6.45) is 8.33. The second kappa shape index (κ2) is 4.87. The highest BCUT2D eigenvalue weighted by Crippen LogP contribution is 2.28. The van der Waals surface area contributed by atoms with E-state index in [0.29, 0.717) is 0 Å². The molecule has 17 heavy (non-hydrogen) atoms. The highest BCUT2D eigenvalue weighted by molar-refractivity contribution is 4.90. The van der Waals surface area contributed by atoms with Crippen LogP contribution in [0, 0.1) is 0 Å². The first kappa shape index (κ1) is 11.9. The molecule has 3 fully saturated rings. The van der Waals surface area contributed by atoms with Gasteiger partial charge in [-0.15, -0.1) is 0 Å². The summed E-state index contributed by atoms with van der Waals surface area (Å²) in [5.41, 5.74) is 0. The molecule has 1 saturated carbocycles. The average molecular weight is 237 g/mol. The van der Waals surface area contributed by atoms with Crippen LogP contribution in [-0.2, 0) is 0 Å². The molecule has 1 N–H and O–H groups in total. The molecule has 3 rings (SSSR count). The van der Waals surface area contributed by atoms with Crippen molar-refractivity contribution in [2.45, 2.75) is 76.5 Å². The maximum absolute atomic E-state index is 3.78. The van der Waals surface area contributed by atoms with Gasteiger partial charge in [0.15, 0.2) is 0 Å². The number of rotatable bonds is 3. The van der Waals surface area contributed by atoms with E-state index in [1.807, 2.05) is 0 Å². The first-order valence-electron chi connectivity index (χ1n) is 7.53. The van der Waals surface area contributed by atoms with Crippen LogP contribution in [0.1, 0.15) is 52.4 Å². The number of nitrogens with zero attached hydrogens (tertiary/aromatic N) is 2. The van der Waals surface area contributed by atoms with Crippen LogP contribution in [0.5, 0.6) is 0 Å². The molecule has 3 unspecified atom stereocenters. The van der Waals surface area contributed by atoms with Crippen molar-refractivity contribution in [3.05, 3.63) is 0 Å². The maximum Gasteiger partial charge on any atom is 0.0288 e. The zero-order valence-electron chi connectivity index (χ0n) is 11.4. The number of hydrazine groups is 1. The lowest BCUT2D eigenvalue weighted by molar-refractivity contribution is -0.0904. The molecule has 0 amide bonds. The van der Waals surface area contributed by atoms with E-state index in [1.54, 1.807) is 0 Å². The summed E-state index contributed by atoms with van der Waals surface area (Å²) in [5.74, 6) is 0. The summed E-state index contributed by atoms with van der Waals surface area (Å²) in [4.78, 5) is 0. The van der Waals surface area contributed by atoms with Gasteiger partial charge in [0.25, 0.3) is 0 Å². The second-order valence-electron chi connectivity index (χ2n) is 6.35. The molecule has 3 atom stereocenters.